The van der Waals surface area contributed by atoms with E-state index in [-0.39, 0.29) is 5.41 Å². The third kappa shape index (κ3) is 3.70. The molecule has 4 heteroatoms. The van der Waals surface area contributed by atoms with Gasteiger partial charge in [-0.1, -0.05) is 48.5 Å². The van der Waals surface area contributed by atoms with Crippen LogP contribution in [0.1, 0.15) is 24.0 Å². The van der Waals surface area contributed by atoms with E-state index in [0.717, 1.165) is 23.8 Å². The second kappa shape index (κ2) is 7.39. The van der Waals surface area contributed by atoms with E-state index >= 15 is 0 Å². The number of nitrogens with zero attached hydrogens (tertiary/aromatic N) is 1. The van der Waals surface area contributed by atoms with Crippen LogP contribution in [0.15, 0.2) is 59.6 Å². The van der Waals surface area contributed by atoms with E-state index < -0.39 is 0 Å². The first-order valence-corrected chi connectivity index (χ1v) is 8.39. The molecule has 0 amide bonds. The summed E-state index contributed by atoms with van der Waals surface area (Å²) in [6, 6.07) is 18.8. The molecule has 1 aliphatic carbocycles. The minimum Gasteiger partial charge on any atom is -0.496 e. The Balaban J connectivity index is 1.56. The number of hydrogen-bond acceptors (Lipinski definition) is 2. The molecule has 4 nitrogen and oxygen atoms in total. The van der Waals surface area contributed by atoms with Crippen LogP contribution in [0.5, 0.6) is 5.75 Å². The Morgan fingerprint density at radius 1 is 1.04 bits per heavy atom. The largest absolute Gasteiger partial charge is 0.496 e. The molecule has 126 valence electrons. The number of guanidine groups is 1. The number of ether oxygens (including phenoxy) is 1. The van der Waals surface area contributed by atoms with Crippen LogP contribution in [-0.4, -0.2) is 26.7 Å². The van der Waals surface area contributed by atoms with Gasteiger partial charge < -0.3 is 15.4 Å². The predicted molar refractivity (Wildman–Crippen MR) is 98.5 cm³/mol. The predicted octanol–water partition coefficient (Wildman–Crippen LogP) is 3.09. The Morgan fingerprint density at radius 3 is 2.42 bits per heavy atom. The zero-order chi connectivity index (χ0) is 16.8. The maximum Gasteiger partial charge on any atom is 0.191 e. The molecular weight excluding hydrogens is 298 g/mol. The maximum absolute atomic E-state index is 5.39. The topological polar surface area (TPSA) is 45.7 Å². The van der Waals surface area contributed by atoms with E-state index in [2.05, 4.69) is 52.0 Å². The zero-order valence-corrected chi connectivity index (χ0v) is 14.4. The smallest absolute Gasteiger partial charge is 0.191 e. The fourth-order valence-electron chi connectivity index (χ4n) is 3.01. The highest BCUT2D eigenvalue weighted by atomic mass is 16.5. The van der Waals surface area contributed by atoms with Gasteiger partial charge in [-0.2, -0.15) is 0 Å². The van der Waals surface area contributed by atoms with Crippen LogP contribution in [0.2, 0.25) is 0 Å². The average Bonchev–Trinajstić information content (AvgIpc) is 3.44. The van der Waals surface area contributed by atoms with E-state index in [1.165, 1.54) is 18.4 Å². The molecule has 2 N–H and O–H groups in total. The van der Waals surface area contributed by atoms with Crippen molar-refractivity contribution in [3.05, 3.63) is 65.7 Å². The van der Waals surface area contributed by atoms with Gasteiger partial charge in [0.2, 0.25) is 0 Å². The third-order valence-corrected chi connectivity index (χ3v) is 4.70. The number of benzene rings is 2. The summed E-state index contributed by atoms with van der Waals surface area (Å²) in [5.41, 5.74) is 2.80. The van der Waals surface area contributed by atoms with Crippen molar-refractivity contribution < 1.29 is 4.74 Å². The Hall–Kier alpha value is -2.49. The molecule has 24 heavy (non-hydrogen) atoms. The molecule has 0 unspecified atom stereocenters. The molecule has 0 aromatic heterocycles. The van der Waals surface area contributed by atoms with Crippen LogP contribution in [0.4, 0.5) is 0 Å². The summed E-state index contributed by atoms with van der Waals surface area (Å²) in [5, 5.41) is 6.85. The SMILES string of the molecule is CN=C(NCc1ccccc1OC)NCC1(c2ccccc2)CC1. The summed E-state index contributed by atoms with van der Waals surface area (Å²) in [6.07, 6.45) is 2.46. The number of rotatable bonds is 6. The lowest BCUT2D eigenvalue weighted by Crippen LogP contribution is -2.40. The second-order valence-electron chi connectivity index (χ2n) is 6.24. The Kier molecular flexibility index (Phi) is 5.04. The second-order valence-corrected chi connectivity index (χ2v) is 6.24. The third-order valence-electron chi connectivity index (χ3n) is 4.70. The number of para-hydroxylation sites is 1. The van der Waals surface area contributed by atoms with Crippen molar-refractivity contribution in [1.29, 1.82) is 0 Å². The summed E-state index contributed by atoms with van der Waals surface area (Å²) in [4.78, 5) is 4.34. The first kappa shape index (κ1) is 16.4. The van der Waals surface area contributed by atoms with Crippen LogP contribution in [0.3, 0.4) is 0 Å². The first-order valence-electron chi connectivity index (χ1n) is 8.39. The first-order chi connectivity index (χ1) is 11.8. The molecular formula is C20H25N3O. The monoisotopic (exact) mass is 323 g/mol. The van der Waals surface area contributed by atoms with Gasteiger partial charge in [0, 0.05) is 31.1 Å². The molecule has 0 spiro atoms. The molecule has 0 atom stereocenters. The van der Waals surface area contributed by atoms with Crippen LogP contribution in [0, 0.1) is 0 Å². The molecule has 0 saturated heterocycles. The molecule has 2 aromatic carbocycles. The molecule has 2 aromatic rings. The van der Waals surface area contributed by atoms with Crippen LogP contribution in [-0.2, 0) is 12.0 Å². The van der Waals surface area contributed by atoms with Crippen molar-refractivity contribution in [2.75, 3.05) is 20.7 Å². The molecule has 0 radical (unpaired) electrons. The molecule has 0 aliphatic heterocycles. The van der Waals surface area contributed by atoms with Gasteiger partial charge in [0.15, 0.2) is 5.96 Å². The molecule has 1 aliphatic rings. The van der Waals surface area contributed by atoms with Crippen molar-refractivity contribution in [2.45, 2.75) is 24.8 Å². The van der Waals surface area contributed by atoms with Crippen molar-refractivity contribution in [3.63, 3.8) is 0 Å². The Labute approximate surface area is 144 Å². The fourth-order valence-corrected chi connectivity index (χ4v) is 3.01. The lowest BCUT2D eigenvalue weighted by molar-refractivity contribution is 0.409. The zero-order valence-electron chi connectivity index (χ0n) is 14.4. The molecule has 0 heterocycles. The Morgan fingerprint density at radius 2 is 1.75 bits per heavy atom. The van der Waals surface area contributed by atoms with Gasteiger partial charge in [0.05, 0.1) is 7.11 Å². The van der Waals surface area contributed by atoms with Gasteiger partial charge in [-0.3, -0.25) is 4.99 Å². The van der Waals surface area contributed by atoms with Gasteiger partial charge in [-0.05, 0) is 24.5 Å². The van der Waals surface area contributed by atoms with Crippen LogP contribution in [0.25, 0.3) is 0 Å². The minimum absolute atomic E-state index is 0.267. The standard InChI is InChI=1S/C20H25N3O/c1-21-19(22-14-16-8-6-7-11-18(16)24-2)23-15-20(12-13-20)17-9-4-3-5-10-17/h3-11H,12-15H2,1-2H3,(H2,21,22,23). The lowest BCUT2D eigenvalue weighted by Gasteiger charge is -2.19. The number of aliphatic imine (C=N–C) groups is 1. The molecule has 1 saturated carbocycles. The van der Waals surface area contributed by atoms with E-state index in [4.69, 9.17) is 4.74 Å². The van der Waals surface area contributed by atoms with Gasteiger partial charge >= 0.3 is 0 Å². The van der Waals surface area contributed by atoms with E-state index in [1.807, 2.05) is 18.2 Å². The van der Waals surface area contributed by atoms with Gasteiger partial charge in [-0.25, -0.2) is 0 Å². The van der Waals surface area contributed by atoms with Crippen molar-refractivity contribution in [3.8, 4) is 5.75 Å². The van der Waals surface area contributed by atoms with Crippen molar-refractivity contribution in [2.24, 2.45) is 4.99 Å². The van der Waals surface area contributed by atoms with E-state index in [0.29, 0.717) is 6.54 Å². The number of nitrogens with one attached hydrogen (secondary N) is 2. The van der Waals surface area contributed by atoms with E-state index in [1.54, 1.807) is 14.2 Å². The highest BCUT2D eigenvalue weighted by molar-refractivity contribution is 5.79. The summed E-state index contributed by atoms with van der Waals surface area (Å²) in [7, 11) is 3.50. The molecule has 0 bridgehead atoms. The number of methoxy groups -OCH3 is 1. The molecule has 3 rings (SSSR count). The lowest BCUT2D eigenvalue weighted by atomic mass is 9.96. The van der Waals surface area contributed by atoms with Crippen LogP contribution >= 0.6 is 0 Å². The fraction of sp³-hybridized carbons (Fsp3) is 0.350. The van der Waals surface area contributed by atoms with Crippen LogP contribution < -0.4 is 15.4 Å². The van der Waals surface area contributed by atoms with E-state index in [9.17, 15) is 0 Å². The van der Waals surface area contributed by atoms with Gasteiger partial charge in [0.1, 0.15) is 5.75 Å². The van der Waals surface area contributed by atoms with Gasteiger partial charge in [0.25, 0.3) is 0 Å². The summed E-state index contributed by atoms with van der Waals surface area (Å²) in [6.45, 7) is 1.59. The quantitative estimate of drug-likeness (QED) is 0.634. The highest BCUT2D eigenvalue weighted by Gasteiger charge is 2.43. The van der Waals surface area contributed by atoms with Crippen molar-refractivity contribution >= 4 is 5.96 Å². The minimum atomic E-state index is 0.267. The maximum atomic E-state index is 5.39. The average molecular weight is 323 g/mol. The normalized spacial score (nSPS) is 15.7. The Bertz CT molecular complexity index is 693. The summed E-state index contributed by atoms with van der Waals surface area (Å²) in [5.74, 6) is 1.71. The van der Waals surface area contributed by atoms with Gasteiger partial charge in [-0.15, -0.1) is 0 Å². The summed E-state index contributed by atoms with van der Waals surface area (Å²) >= 11 is 0. The highest BCUT2D eigenvalue weighted by Crippen LogP contribution is 2.47. The summed E-state index contributed by atoms with van der Waals surface area (Å²) < 4.78 is 5.39. The number of hydrogen-bond donors (Lipinski definition) is 2. The molecule has 1 fully saturated rings. The van der Waals surface area contributed by atoms with Crippen molar-refractivity contribution in [1.82, 2.24) is 10.6 Å².